The maximum absolute atomic E-state index is 11.7. The Morgan fingerprint density at radius 3 is 2.57 bits per heavy atom. The molecule has 0 aromatic carbocycles. The van der Waals surface area contributed by atoms with Crippen LogP contribution in [-0.2, 0) is 4.79 Å². The number of carbonyl (C=O) groups is 1. The van der Waals surface area contributed by atoms with Crippen LogP contribution in [0.4, 0.5) is 0 Å². The third-order valence-electron chi connectivity index (χ3n) is 3.58. The topological polar surface area (TPSA) is 55.8 Å². The summed E-state index contributed by atoms with van der Waals surface area (Å²) in [6.07, 6.45) is -0.402. The zero-order chi connectivity index (χ0) is 15.2. The van der Waals surface area contributed by atoms with Crippen LogP contribution < -0.4 is 5.32 Å². The smallest absolute Gasteiger partial charge is 0.234 e. The van der Waals surface area contributed by atoms with Gasteiger partial charge in [-0.1, -0.05) is 6.07 Å². The molecule has 1 fully saturated rings. The lowest BCUT2D eigenvalue weighted by molar-refractivity contribution is -0.123. The van der Waals surface area contributed by atoms with E-state index in [4.69, 9.17) is 0 Å². The number of amides is 1. The molecule has 1 saturated heterocycles. The van der Waals surface area contributed by atoms with E-state index in [1.165, 1.54) is 0 Å². The first-order valence-corrected chi connectivity index (χ1v) is 8.38. The molecule has 1 aromatic rings. The van der Waals surface area contributed by atoms with Crippen LogP contribution in [0.5, 0.6) is 0 Å². The third-order valence-corrected chi connectivity index (χ3v) is 4.56. The summed E-state index contributed by atoms with van der Waals surface area (Å²) in [6, 6.07) is 4.13. The fourth-order valence-corrected chi connectivity index (χ4v) is 3.22. The average molecular weight is 311 g/mol. The van der Waals surface area contributed by atoms with Crippen LogP contribution in [0, 0.1) is 0 Å². The minimum Gasteiger partial charge on any atom is -0.386 e. The number of hydrogen-bond acceptors (Lipinski definition) is 5. The number of piperazine rings is 1. The van der Waals surface area contributed by atoms with Crippen molar-refractivity contribution in [1.82, 2.24) is 15.1 Å². The molecule has 1 aliphatic heterocycles. The van der Waals surface area contributed by atoms with Crippen molar-refractivity contribution in [3.05, 3.63) is 22.4 Å². The highest BCUT2D eigenvalue weighted by Gasteiger charge is 2.21. The lowest BCUT2D eigenvalue weighted by Gasteiger charge is -2.35. The summed E-state index contributed by atoms with van der Waals surface area (Å²) in [4.78, 5) is 17.2. The minimum atomic E-state index is -0.402. The number of aliphatic hydroxyl groups is 1. The fraction of sp³-hybridized carbons (Fsp3) is 0.667. The normalized spacial score (nSPS) is 18.9. The number of nitrogens with one attached hydrogen (secondary N) is 1. The fourth-order valence-electron chi connectivity index (χ4n) is 2.52. The highest BCUT2D eigenvalue weighted by atomic mass is 32.1. The van der Waals surface area contributed by atoms with E-state index in [0.717, 1.165) is 31.1 Å². The second kappa shape index (κ2) is 7.89. The zero-order valence-corrected chi connectivity index (χ0v) is 13.6. The largest absolute Gasteiger partial charge is 0.386 e. The molecule has 2 heterocycles. The van der Waals surface area contributed by atoms with Crippen molar-refractivity contribution in [3.8, 4) is 0 Å². The summed E-state index contributed by atoms with van der Waals surface area (Å²) >= 11 is 1.59. The monoisotopic (exact) mass is 311 g/mol. The Hall–Kier alpha value is -0.950. The molecule has 0 saturated carbocycles. The average Bonchev–Trinajstić information content (AvgIpc) is 2.94. The lowest BCUT2D eigenvalue weighted by atomic mass is 10.2. The van der Waals surface area contributed by atoms with Gasteiger partial charge in [0.2, 0.25) is 5.91 Å². The Morgan fingerprint density at radius 1 is 1.33 bits per heavy atom. The van der Waals surface area contributed by atoms with E-state index in [0.29, 0.717) is 13.1 Å². The number of aliphatic hydroxyl groups excluding tert-OH is 1. The predicted molar refractivity (Wildman–Crippen MR) is 85.4 cm³/mol. The molecule has 6 heteroatoms. The van der Waals surface area contributed by atoms with Crippen LogP contribution in [-0.4, -0.2) is 66.1 Å². The molecule has 0 aliphatic carbocycles. The molecule has 1 atom stereocenters. The molecule has 0 bridgehead atoms. The molecule has 118 valence electrons. The maximum atomic E-state index is 11.7. The first-order valence-electron chi connectivity index (χ1n) is 7.50. The van der Waals surface area contributed by atoms with Gasteiger partial charge in [0.15, 0.2) is 0 Å². The number of β-amino-alcohol motifs (C(OH)–C–C–N with tert-alkyl or cyclic N) is 1. The van der Waals surface area contributed by atoms with Gasteiger partial charge in [0, 0.05) is 43.6 Å². The van der Waals surface area contributed by atoms with Crippen LogP contribution in [0.1, 0.15) is 24.8 Å². The van der Waals surface area contributed by atoms with E-state index in [1.807, 2.05) is 31.4 Å². The highest BCUT2D eigenvalue weighted by Crippen LogP contribution is 2.20. The maximum Gasteiger partial charge on any atom is 0.234 e. The Bertz CT molecular complexity index is 428. The molecule has 0 radical (unpaired) electrons. The molecule has 1 unspecified atom stereocenters. The summed E-state index contributed by atoms with van der Waals surface area (Å²) < 4.78 is 0. The first-order chi connectivity index (χ1) is 10.0. The van der Waals surface area contributed by atoms with E-state index >= 15 is 0 Å². The molecule has 5 nitrogen and oxygen atoms in total. The van der Waals surface area contributed by atoms with Gasteiger partial charge >= 0.3 is 0 Å². The van der Waals surface area contributed by atoms with Crippen LogP contribution in [0.25, 0.3) is 0 Å². The first kappa shape index (κ1) is 16.4. The second-order valence-corrected chi connectivity index (χ2v) is 6.81. The molecule has 1 aromatic heterocycles. The molecule has 0 spiro atoms. The number of hydrogen-bond donors (Lipinski definition) is 2. The van der Waals surface area contributed by atoms with Gasteiger partial charge in [0.05, 0.1) is 6.54 Å². The minimum absolute atomic E-state index is 0.0945. The summed E-state index contributed by atoms with van der Waals surface area (Å²) in [7, 11) is 0. The van der Waals surface area contributed by atoms with Crippen molar-refractivity contribution in [1.29, 1.82) is 0 Å². The quantitative estimate of drug-likeness (QED) is 0.820. The van der Waals surface area contributed by atoms with Gasteiger partial charge in [-0.2, -0.15) is 0 Å². The van der Waals surface area contributed by atoms with Crippen molar-refractivity contribution in [2.24, 2.45) is 0 Å². The molecule has 2 rings (SSSR count). The van der Waals surface area contributed by atoms with Gasteiger partial charge in [-0.15, -0.1) is 11.3 Å². The summed E-state index contributed by atoms with van der Waals surface area (Å²) in [5.74, 6) is 0.0945. The van der Waals surface area contributed by atoms with Gasteiger partial charge in [0.25, 0.3) is 0 Å². The SMILES string of the molecule is CC(C)NC(=O)CN1CCN(CC(O)c2cccs2)CC1. The Morgan fingerprint density at radius 2 is 2.00 bits per heavy atom. The second-order valence-electron chi connectivity index (χ2n) is 5.83. The number of thiophene rings is 1. The van der Waals surface area contributed by atoms with E-state index in [9.17, 15) is 9.90 Å². The standard InChI is InChI=1S/C15H25N3O2S/c1-12(2)16-15(20)11-18-7-5-17(6-8-18)10-13(19)14-4-3-9-21-14/h3-4,9,12-13,19H,5-8,10-11H2,1-2H3,(H,16,20). The predicted octanol–water partition coefficient (Wildman–Crippen LogP) is 0.924. The van der Waals surface area contributed by atoms with Gasteiger partial charge in [-0.25, -0.2) is 0 Å². The van der Waals surface area contributed by atoms with E-state index in [-0.39, 0.29) is 11.9 Å². The third kappa shape index (κ3) is 5.39. The van der Waals surface area contributed by atoms with Gasteiger partial charge in [0.1, 0.15) is 6.10 Å². The van der Waals surface area contributed by atoms with Crippen molar-refractivity contribution in [3.63, 3.8) is 0 Å². The Labute approximate surface area is 130 Å². The van der Waals surface area contributed by atoms with Crippen molar-refractivity contribution in [2.45, 2.75) is 26.0 Å². The van der Waals surface area contributed by atoms with Crippen LogP contribution in [0.2, 0.25) is 0 Å². The summed E-state index contributed by atoms with van der Waals surface area (Å²) in [6.45, 7) is 8.65. The number of carbonyl (C=O) groups excluding carboxylic acids is 1. The van der Waals surface area contributed by atoms with Crippen molar-refractivity contribution in [2.75, 3.05) is 39.3 Å². The van der Waals surface area contributed by atoms with Gasteiger partial charge in [-0.05, 0) is 25.3 Å². The molecule has 2 N–H and O–H groups in total. The summed E-state index contributed by atoms with van der Waals surface area (Å²) in [5, 5.41) is 15.1. The van der Waals surface area contributed by atoms with Crippen LogP contribution in [0.15, 0.2) is 17.5 Å². The molecular weight excluding hydrogens is 286 g/mol. The van der Waals surface area contributed by atoms with Crippen molar-refractivity contribution >= 4 is 17.2 Å². The van der Waals surface area contributed by atoms with E-state index in [1.54, 1.807) is 11.3 Å². The Kier molecular flexibility index (Phi) is 6.17. The van der Waals surface area contributed by atoms with Crippen LogP contribution >= 0.6 is 11.3 Å². The lowest BCUT2D eigenvalue weighted by Crippen LogP contribution is -2.50. The molecule has 1 amide bonds. The molecular formula is C15H25N3O2S. The molecule has 1 aliphatic rings. The van der Waals surface area contributed by atoms with Crippen LogP contribution in [0.3, 0.4) is 0 Å². The van der Waals surface area contributed by atoms with E-state index < -0.39 is 6.10 Å². The number of nitrogens with zero attached hydrogens (tertiary/aromatic N) is 2. The number of rotatable bonds is 6. The van der Waals surface area contributed by atoms with Gasteiger partial charge in [-0.3, -0.25) is 14.6 Å². The Balaban J connectivity index is 1.69. The van der Waals surface area contributed by atoms with Crippen molar-refractivity contribution < 1.29 is 9.90 Å². The van der Waals surface area contributed by atoms with E-state index in [2.05, 4.69) is 15.1 Å². The summed E-state index contributed by atoms with van der Waals surface area (Å²) in [5.41, 5.74) is 0. The molecule has 21 heavy (non-hydrogen) atoms. The van der Waals surface area contributed by atoms with Gasteiger partial charge < -0.3 is 10.4 Å². The highest BCUT2D eigenvalue weighted by molar-refractivity contribution is 7.10. The zero-order valence-electron chi connectivity index (χ0n) is 12.8.